The number of aryl methyl sites for hydroxylation is 1. The lowest BCUT2D eigenvalue weighted by atomic mass is 10.2. The maximum Gasteiger partial charge on any atom is 0.337 e. The molecule has 0 spiro atoms. The van der Waals surface area contributed by atoms with Crippen molar-refractivity contribution in [3.63, 3.8) is 0 Å². The number of nitrogens with zero attached hydrogens (tertiary/aromatic N) is 2. The summed E-state index contributed by atoms with van der Waals surface area (Å²) in [5.41, 5.74) is 1.63. The van der Waals surface area contributed by atoms with Crippen molar-refractivity contribution in [2.75, 3.05) is 11.9 Å². The lowest BCUT2D eigenvalue weighted by Gasteiger charge is -2.19. The lowest BCUT2D eigenvalue weighted by molar-refractivity contribution is 0.0695. The average molecular weight is 274 g/mol. The molecule has 2 aromatic rings. The zero-order valence-electron chi connectivity index (χ0n) is 11.3. The molecule has 2 rings (SSSR count). The largest absolute Gasteiger partial charge is 0.478 e. The Morgan fingerprint density at radius 2 is 1.90 bits per heavy atom. The number of anilines is 1. The van der Waals surface area contributed by atoms with Crippen LogP contribution >= 0.6 is 0 Å². The summed E-state index contributed by atoms with van der Waals surface area (Å²) in [5.74, 6) is -0.573. The number of pyridine rings is 1. The van der Waals surface area contributed by atoms with Crippen LogP contribution in [0.5, 0.6) is 0 Å². The van der Waals surface area contributed by atoms with Gasteiger partial charge in [-0.2, -0.15) is 0 Å². The highest BCUT2D eigenvalue weighted by atomic mass is 19.1. The normalized spacial score (nSPS) is 10.3. The third kappa shape index (κ3) is 3.12. The number of benzene rings is 1. The third-order valence-electron chi connectivity index (χ3n) is 3.03. The van der Waals surface area contributed by atoms with Crippen molar-refractivity contribution in [3.05, 3.63) is 59.0 Å². The number of aromatic nitrogens is 1. The minimum absolute atomic E-state index is 0.198. The van der Waals surface area contributed by atoms with E-state index in [9.17, 15) is 9.18 Å². The molecule has 104 valence electrons. The number of rotatable bonds is 4. The summed E-state index contributed by atoms with van der Waals surface area (Å²) in [6.07, 6.45) is 0. The number of aromatic carboxylic acids is 1. The topological polar surface area (TPSA) is 53.4 Å². The standard InChI is InChI=1S/C15H15FN2O2/c1-10-13(15(19)20)7-8-14(17-10)18(2)9-11-3-5-12(16)6-4-11/h3-8H,9H2,1-2H3,(H,19,20). The van der Waals surface area contributed by atoms with Crippen molar-refractivity contribution < 1.29 is 14.3 Å². The number of carboxylic acid groups (broad SMARTS) is 1. The van der Waals surface area contributed by atoms with Gasteiger partial charge in [-0.3, -0.25) is 0 Å². The fourth-order valence-electron chi connectivity index (χ4n) is 1.93. The monoisotopic (exact) mass is 274 g/mol. The summed E-state index contributed by atoms with van der Waals surface area (Å²) < 4.78 is 12.8. The molecule has 0 saturated heterocycles. The van der Waals surface area contributed by atoms with Crippen LogP contribution in [0, 0.1) is 12.7 Å². The first-order valence-electron chi connectivity index (χ1n) is 6.14. The fourth-order valence-corrected chi connectivity index (χ4v) is 1.93. The van der Waals surface area contributed by atoms with Gasteiger partial charge in [-0.15, -0.1) is 0 Å². The number of hydrogen-bond donors (Lipinski definition) is 1. The minimum Gasteiger partial charge on any atom is -0.478 e. The molecular formula is C15H15FN2O2. The van der Waals surface area contributed by atoms with Gasteiger partial charge < -0.3 is 10.0 Å². The Bertz CT molecular complexity index is 626. The molecule has 20 heavy (non-hydrogen) atoms. The molecule has 0 radical (unpaired) electrons. The van der Waals surface area contributed by atoms with Crippen LogP contribution in [0.3, 0.4) is 0 Å². The second-order valence-electron chi connectivity index (χ2n) is 4.59. The van der Waals surface area contributed by atoms with Gasteiger partial charge in [0.25, 0.3) is 0 Å². The SMILES string of the molecule is Cc1nc(N(C)Cc2ccc(F)cc2)ccc1C(=O)O. The first-order valence-corrected chi connectivity index (χ1v) is 6.14. The van der Waals surface area contributed by atoms with Crippen LogP contribution in [0.2, 0.25) is 0 Å². The van der Waals surface area contributed by atoms with Crippen molar-refractivity contribution in [2.45, 2.75) is 13.5 Å². The molecule has 5 heteroatoms. The molecular weight excluding hydrogens is 259 g/mol. The van der Waals surface area contributed by atoms with Crippen LogP contribution in [0.15, 0.2) is 36.4 Å². The van der Waals surface area contributed by atoms with Gasteiger partial charge in [0.15, 0.2) is 0 Å². The highest BCUT2D eigenvalue weighted by Gasteiger charge is 2.11. The molecule has 0 fully saturated rings. The van der Waals surface area contributed by atoms with Gasteiger partial charge in [0.05, 0.1) is 11.3 Å². The molecule has 0 unspecified atom stereocenters. The zero-order chi connectivity index (χ0) is 14.7. The second kappa shape index (κ2) is 5.69. The smallest absolute Gasteiger partial charge is 0.337 e. The van der Waals surface area contributed by atoms with Gasteiger partial charge in [0, 0.05) is 13.6 Å². The van der Waals surface area contributed by atoms with E-state index in [1.165, 1.54) is 12.1 Å². The maximum atomic E-state index is 12.8. The van der Waals surface area contributed by atoms with Gasteiger partial charge in [-0.25, -0.2) is 14.2 Å². The van der Waals surface area contributed by atoms with E-state index in [0.29, 0.717) is 18.1 Å². The van der Waals surface area contributed by atoms with Gasteiger partial charge in [0.2, 0.25) is 0 Å². The Kier molecular flexibility index (Phi) is 3.98. The molecule has 0 bridgehead atoms. The van der Waals surface area contributed by atoms with Crippen molar-refractivity contribution in [2.24, 2.45) is 0 Å². The summed E-state index contributed by atoms with van der Waals surface area (Å²) in [4.78, 5) is 17.1. The van der Waals surface area contributed by atoms with E-state index in [1.807, 2.05) is 11.9 Å². The summed E-state index contributed by atoms with van der Waals surface area (Å²) in [5, 5.41) is 8.97. The van der Waals surface area contributed by atoms with E-state index < -0.39 is 5.97 Å². The molecule has 0 aliphatic rings. The number of halogens is 1. The summed E-state index contributed by atoms with van der Waals surface area (Å²) in [6, 6.07) is 9.46. The first-order chi connectivity index (χ1) is 9.47. The molecule has 0 saturated carbocycles. The molecule has 0 aliphatic carbocycles. The van der Waals surface area contributed by atoms with Crippen LogP contribution < -0.4 is 4.90 Å². The quantitative estimate of drug-likeness (QED) is 0.931. The van der Waals surface area contributed by atoms with E-state index in [4.69, 9.17) is 5.11 Å². The number of hydrogen-bond acceptors (Lipinski definition) is 3. The van der Waals surface area contributed by atoms with Crippen LogP contribution in [0.4, 0.5) is 10.2 Å². The van der Waals surface area contributed by atoms with Crippen molar-refractivity contribution in [1.82, 2.24) is 4.98 Å². The Labute approximate surface area is 116 Å². The highest BCUT2D eigenvalue weighted by molar-refractivity contribution is 5.89. The van der Waals surface area contributed by atoms with E-state index in [0.717, 1.165) is 5.56 Å². The third-order valence-corrected chi connectivity index (χ3v) is 3.03. The van der Waals surface area contributed by atoms with Crippen molar-refractivity contribution >= 4 is 11.8 Å². The average Bonchev–Trinajstić information content (AvgIpc) is 2.40. The summed E-state index contributed by atoms with van der Waals surface area (Å²) in [6.45, 7) is 2.23. The second-order valence-corrected chi connectivity index (χ2v) is 4.59. The summed E-state index contributed by atoms with van der Waals surface area (Å²) in [7, 11) is 1.85. The van der Waals surface area contributed by atoms with Crippen LogP contribution in [-0.2, 0) is 6.54 Å². The molecule has 0 amide bonds. The molecule has 0 aliphatic heterocycles. The maximum absolute atomic E-state index is 12.8. The first kappa shape index (κ1) is 14.0. The van der Waals surface area contributed by atoms with Gasteiger partial charge in [0.1, 0.15) is 11.6 Å². The van der Waals surface area contributed by atoms with Gasteiger partial charge in [-0.05, 0) is 36.8 Å². The predicted octanol–water partition coefficient (Wildman–Crippen LogP) is 2.86. The van der Waals surface area contributed by atoms with Crippen molar-refractivity contribution in [1.29, 1.82) is 0 Å². The molecule has 1 aromatic heterocycles. The van der Waals surface area contributed by atoms with Crippen LogP contribution in [-0.4, -0.2) is 23.1 Å². The van der Waals surface area contributed by atoms with Gasteiger partial charge in [-0.1, -0.05) is 12.1 Å². The molecule has 4 nitrogen and oxygen atoms in total. The minimum atomic E-state index is -0.984. The van der Waals surface area contributed by atoms with E-state index >= 15 is 0 Å². The lowest BCUT2D eigenvalue weighted by Crippen LogP contribution is -2.18. The van der Waals surface area contributed by atoms with Crippen LogP contribution in [0.1, 0.15) is 21.6 Å². The molecule has 1 heterocycles. The van der Waals surface area contributed by atoms with Crippen LogP contribution in [0.25, 0.3) is 0 Å². The summed E-state index contributed by atoms with van der Waals surface area (Å²) >= 11 is 0. The fraction of sp³-hybridized carbons (Fsp3) is 0.200. The number of carboxylic acids is 1. The van der Waals surface area contributed by atoms with E-state index in [2.05, 4.69) is 4.98 Å². The predicted molar refractivity (Wildman–Crippen MR) is 74.4 cm³/mol. The van der Waals surface area contributed by atoms with Gasteiger partial charge >= 0.3 is 5.97 Å². The highest BCUT2D eigenvalue weighted by Crippen LogP contribution is 2.16. The Morgan fingerprint density at radius 1 is 1.25 bits per heavy atom. The van der Waals surface area contributed by atoms with E-state index in [-0.39, 0.29) is 11.4 Å². The van der Waals surface area contributed by atoms with E-state index in [1.54, 1.807) is 31.2 Å². The Morgan fingerprint density at radius 3 is 2.45 bits per heavy atom. The molecule has 1 aromatic carbocycles. The number of carbonyl (C=O) groups is 1. The van der Waals surface area contributed by atoms with Crippen molar-refractivity contribution in [3.8, 4) is 0 Å². The molecule has 0 atom stereocenters. The Hall–Kier alpha value is -2.43. The molecule has 1 N–H and O–H groups in total. The zero-order valence-corrected chi connectivity index (χ0v) is 11.3. The Balaban J connectivity index is 2.17.